The molecule has 29 heavy (non-hydrogen) atoms. The molecule has 0 unspecified atom stereocenters. The van der Waals surface area contributed by atoms with Gasteiger partial charge >= 0.3 is 0 Å². The molecule has 0 radical (unpaired) electrons. The smallest absolute Gasteiger partial charge is 0.251 e. The molecule has 0 saturated carbocycles. The predicted molar refractivity (Wildman–Crippen MR) is 113 cm³/mol. The van der Waals surface area contributed by atoms with Crippen molar-refractivity contribution in [3.63, 3.8) is 0 Å². The first-order valence-corrected chi connectivity index (χ1v) is 11.3. The monoisotopic (exact) mass is 436 g/mol. The van der Waals surface area contributed by atoms with Crippen LogP contribution < -0.4 is 5.32 Å². The van der Waals surface area contributed by atoms with Crippen molar-refractivity contribution in [1.82, 2.24) is 9.62 Å². The first-order chi connectivity index (χ1) is 13.7. The van der Waals surface area contributed by atoms with Gasteiger partial charge in [-0.15, -0.1) is 0 Å². The standard InChI is InChI=1S/C21H25ClN2O4S/c1-14-4-6-17(7-5-14)11-23-21(25)18-8-9-19(22)20(10-18)29(26,27)24-12-15(2)28-16(3)13-24/h4-10,15-16H,11-13H2,1-3H3,(H,23,25)/t15-,16-/m1/s1. The molecule has 2 aromatic rings. The molecule has 1 aliphatic rings. The Morgan fingerprint density at radius 1 is 1.14 bits per heavy atom. The largest absolute Gasteiger partial charge is 0.373 e. The van der Waals surface area contributed by atoms with Crippen molar-refractivity contribution in [1.29, 1.82) is 0 Å². The van der Waals surface area contributed by atoms with Crippen molar-refractivity contribution in [3.05, 3.63) is 64.2 Å². The van der Waals surface area contributed by atoms with Gasteiger partial charge in [0.15, 0.2) is 0 Å². The van der Waals surface area contributed by atoms with Crippen LogP contribution in [0.4, 0.5) is 0 Å². The van der Waals surface area contributed by atoms with Gasteiger partial charge in [-0.2, -0.15) is 4.31 Å². The first-order valence-electron chi connectivity index (χ1n) is 9.45. The number of morpholine rings is 1. The second kappa shape index (κ2) is 8.83. The van der Waals surface area contributed by atoms with E-state index in [1.807, 2.05) is 45.0 Å². The topological polar surface area (TPSA) is 75.7 Å². The highest BCUT2D eigenvalue weighted by Gasteiger charge is 2.33. The number of aryl methyl sites for hydroxylation is 1. The van der Waals surface area contributed by atoms with Crippen LogP contribution in [-0.4, -0.2) is 43.9 Å². The first kappa shape index (κ1) is 21.8. The van der Waals surface area contributed by atoms with Crippen LogP contribution in [0.15, 0.2) is 47.4 Å². The summed E-state index contributed by atoms with van der Waals surface area (Å²) in [5.74, 6) is -0.359. The fourth-order valence-corrected chi connectivity index (χ4v) is 5.39. The van der Waals surface area contributed by atoms with Gasteiger partial charge in [0.1, 0.15) is 4.90 Å². The number of hydrogen-bond donors (Lipinski definition) is 1. The van der Waals surface area contributed by atoms with Crippen LogP contribution >= 0.6 is 11.6 Å². The summed E-state index contributed by atoms with van der Waals surface area (Å²) >= 11 is 6.20. The molecule has 3 rings (SSSR count). The summed E-state index contributed by atoms with van der Waals surface area (Å²) in [6.07, 6.45) is -0.429. The Morgan fingerprint density at radius 2 is 1.76 bits per heavy atom. The lowest BCUT2D eigenvalue weighted by atomic mass is 10.1. The van der Waals surface area contributed by atoms with Crippen molar-refractivity contribution in [2.24, 2.45) is 0 Å². The molecule has 2 aromatic carbocycles. The van der Waals surface area contributed by atoms with E-state index in [1.54, 1.807) is 0 Å². The number of hydrogen-bond acceptors (Lipinski definition) is 4. The minimum absolute atomic E-state index is 0.0662. The minimum Gasteiger partial charge on any atom is -0.373 e. The molecule has 8 heteroatoms. The Morgan fingerprint density at radius 3 is 2.38 bits per heavy atom. The van der Waals surface area contributed by atoms with Gasteiger partial charge in [0, 0.05) is 25.2 Å². The van der Waals surface area contributed by atoms with Crippen molar-refractivity contribution in [2.75, 3.05) is 13.1 Å². The number of halogens is 1. The molecule has 1 aliphatic heterocycles. The third-order valence-electron chi connectivity index (χ3n) is 4.77. The van der Waals surface area contributed by atoms with Gasteiger partial charge < -0.3 is 10.1 Å². The second-order valence-electron chi connectivity index (χ2n) is 7.39. The highest BCUT2D eigenvalue weighted by molar-refractivity contribution is 7.89. The fraction of sp³-hybridized carbons (Fsp3) is 0.381. The maximum Gasteiger partial charge on any atom is 0.251 e. The minimum atomic E-state index is -3.85. The zero-order chi connectivity index (χ0) is 21.2. The molecule has 6 nitrogen and oxygen atoms in total. The van der Waals surface area contributed by atoms with Crippen LogP contribution in [0.2, 0.25) is 5.02 Å². The molecule has 2 atom stereocenters. The summed E-state index contributed by atoms with van der Waals surface area (Å²) in [5, 5.41) is 2.91. The van der Waals surface area contributed by atoms with Gasteiger partial charge in [-0.1, -0.05) is 41.4 Å². The van der Waals surface area contributed by atoms with Gasteiger partial charge in [-0.05, 0) is 44.5 Å². The average molecular weight is 437 g/mol. The van der Waals surface area contributed by atoms with Crippen LogP contribution in [-0.2, 0) is 21.3 Å². The van der Waals surface area contributed by atoms with Crippen LogP contribution in [0.25, 0.3) is 0 Å². The molecular weight excluding hydrogens is 412 g/mol. The van der Waals surface area contributed by atoms with Crippen LogP contribution in [0.3, 0.4) is 0 Å². The summed E-state index contributed by atoms with van der Waals surface area (Å²) < 4.78 is 33.3. The molecule has 1 N–H and O–H groups in total. The van der Waals surface area contributed by atoms with Crippen LogP contribution in [0, 0.1) is 6.92 Å². The van der Waals surface area contributed by atoms with Crippen LogP contribution in [0.1, 0.15) is 35.3 Å². The van der Waals surface area contributed by atoms with E-state index >= 15 is 0 Å². The third kappa shape index (κ3) is 5.17. The van der Waals surface area contributed by atoms with Crippen LogP contribution in [0.5, 0.6) is 0 Å². The van der Waals surface area contributed by atoms with Crippen molar-refractivity contribution in [2.45, 2.75) is 44.4 Å². The summed E-state index contributed by atoms with van der Waals surface area (Å²) in [6.45, 7) is 6.49. The molecule has 0 spiro atoms. The number of amides is 1. The lowest BCUT2D eigenvalue weighted by Gasteiger charge is -2.34. The molecular formula is C21H25ClN2O4S. The number of nitrogens with zero attached hydrogens (tertiary/aromatic N) is 1. The molecule has 1 saturated heterocycles. The quantitative estimate of drug-likeness (QED) is 0.779. The number of nitrogens with one attached hydrogen (secondary N) is 1. The average Bonchev–Trinajstić information content (AvgIpc) is 2.66. The van der Waals surface area contributed by atoms with E-state index < -0.39 is 10.0 Å². The van der Waals surface area contributed by atoms with Gasteiger partial charge in [0.05, 0.1) is 17.2 Å². The van der Waals surface area contributed by atoms with E-state index in [1.165, 1.54) is 22.5 Å². The van der Waals surface area contributed by atoms with Gasteiger partial charge in [0.25, 0.3) is 5.91 Å². The molecule has 1 amide bonds. The summed E-state index contributed by atoms with van der Waals surface area (Å²) in [6, 6.07) is 12.1. The van der Waals surface area contributed by atoms with Crippen molar-refractivity contribution >= 4 is 27.5 Å². The molecule has 1 fully saturated rings. The van der Waals surface area contributed by atoms with E-state index in [2.05, 4.69) is 5.32 Å². The fourth-order valence-electron chi connectivity index (χ4n) is 3.30. The number of rotatable bonds is 5. The Hall–Kier alpha value is -1.93. The van der Waals surface area contributed by atoms with E-state index in [-0.39, 0.29) is 46.7 Å². The zero-order valence-electron chi connectivity index (χ0n) is 16.7. The SMILES string of the molecule is Cc1ccc(CNC(=O)c2ccc(Cl)c(S(=O)(=O)N3C[C@@H](C)O[C@H](C)C3)c2)cc1. The van der Waals surface area contributed by atoms with Crippen molar-refractivity contribution < 1.29 is 17.9 Å². The highest BCUT2D eigenvalue weighted by Crippen LogP contribution is 2.28. The zero-order valence-corrected chi connectivity index (χ0v) is 18.3. The van der Waals surface area contributed by atoms with E-state index in [0.717, 1.165) is 11.1 Å². The van der Waals surface area contributed by atoms with Crippen molar-refractivity contribution in [3.8, 4) is 0 Å². The van der Waals surface area contributed by atoms with Gasteiger partial charge in [-0.25, -0.2) is 8.42 Å². The maximum absolute atomic E-state index is 13.1. The second-order valence-corrected chi connectivity index (χ2v) is 9.71. The number of ether oxygens (including phenoxy) is 1. The number of carbonyl (C=O) groups excluding carboxylic acids is 1. The Labute approximate surface area is 176 Å². The normalized spacial score (nSPS) is 20.4. The number of sulfonamides is 1. The molecule has 0 aromatic heterocycles. The summed E-state index contributed by atoms with van der Waals surface area (Å²) in [7, 11) is -3.85. The molecule has 0 bridgehead atoms. The molecule has 156 valence electrons. The maximum atomic E-state index is 13.1. The number of carbonyl (C=O) groups is 1. The summed E-state index contributed by atoms with van der Waals surface area (Å²) in [5.41, 5.74) is 2.34. The third-order valence-corrected chi connectivity index (χ3v) is 7.08. The summed E-state index contributed by atoms with van der Waals surface area (Å²) in [4.78, 5) is 12.5. The lowest BCUT2D eigenvalue weighted by Crippen LogP contribution is -2.48. The van der Waals surface area contributed by atoms with E-state index in [9.17, 15) is 13.2 Å². The van der Waals surface area contributed by atoms with Gasteiger partial charge in [0.2, 0.25) is 10.0 Å². The lowest BCUT2D eigenvalue weighted by molar-refractivity contribution is -0.0440. The van der Waals surface area contributed by atoms with Gasteiger partial charge in [-0.3, -0.25) is 4.79 Å². The van der Waals surface area contributed by atoms with E-state index in [0.29, 0.717) is 6.54 Å². The molecule has 0 aliphatic carbocycles. The van der Waals surface area contributed by atoms with E-state index in [4.69, 9.17) is 16.3 Å². The Kier molecular flexibility index (Phi) is 6.63. The predicted octanol–water partition coefficient (Wildman–Crippen LogP) is 3.38. The number of benzene rings is 2. The highest BCUT2D eigenvalue weighted by atomic mass is 35.5. The molecule has 1 heterocycles. The Balaban J connectivity index is 1.79. The Bertz CT molecular complexity index is 982.